The molecule has 0 aromatic heterocycles. The van der Waals surface area contributed by atoms with E-state index in [9.17, 15) is 4.79 Å². The SMILES string of the molecule is CC[C@H]1CC(C(C)C)OC2=C1C(=O)CCC2. The molecular formula is C14H22O2. The van der Waals surface area contributed by atoms with Crippen molar-refractivity contribution < 1.29 is 9.53 Å². The first-order valence-electron chi connectivity index (χ1n) is 6.56. The fourth-order valence-electron chi connectivity index (χ4n) is 2.82. The number of rotatable bonds is 2. The topological polar surface area (TPSA) is 26.3 Å². The second kappa shape index (κ2) is 4.60. The van der Waals surface area contributed by atoms with Crippen molar-refractivity contribution in [3.63, 3.8) is 0 Å². The lowest BCUT2D eigenvalue weighted by atomic mass is 9.79. The van der Waals surface area contributed by atoms with Gasteiger partial charge >= 0.3 is 0 Å². The van der Waals surface area contributed by atoms with Crippen molar-refractivity contribution in [1.82, 2.24) is 0 Å². The first-order chi connectivity index (χ1) is 7.63. The maximum Gasteiger partial charge on any atom is 0.162 e. The van der Waals surface area contributed by atoms with E-state index in [0.29, 0.717) is 23.7 Å². The molecule has 2 aliphatic rings. The van der Waals surface area contributed by atoms with Crippen LogP contribution in [0.4, 0.5) is 0 Å². The molecule has 0 spiro atoms. The third kappa shape index (κ3) is 2.02. The summed E-state index contributed by atoms with van der Waals surface area (Å²) in [6.45, 7) is 6.58. The summed E-state index contributed by atoms with van der Waals surface area (Å²) in [4.78, 5) is 11.9. The summed E-state index contributed by atoms with van der Waals surface area (Å²) in [6.07, 6.45) is 5.08. The molecule has 0 radical (unpaired) electrons. The average molecular weight is 222 g/mol. The van der Waals surface area contributed by atoms with Crippen LogP contribution >= 0.6 is 0 Å². The molecule has 2 nitrogen and oxygen atoms in total. The zero-order valence-electron chi connectivity index (χ0n) is 10.6. The summed E-state index contributed by atoms with van der Waals surface area (Å²) >= 11 is 0. The summed E-state index contributed by atoms with van der Waals surface area (Å²) in [5, 5.41) is 0. The minimum atomic E-state index is 0.314. The number of Topliss-reactive ketones (excluding diaryl/α,β-unsaturated/α-hetero) is 1. The van der Waals surface area contributed by atoms with Gasteiger partial charge in [0.25, 0.3) is 0 Å². The van der Waals surface area contributed by atoms with Crippen LogP contribution in [0.25, 0.3) is 0 Å². The van der Waals surface area contributed by atoms with E-state index in [-0.39, 0.29) is 0 Å². The second-order valence-corrected chi connectivity index (χ2v) is 5.35. The highest BCUT2D eigenvalue weighted by Gasteiger charge is 2.35. The first kappa shape index (κ1) is 11.7. The van der Waals surface area contributed by atoms with Crippen LogP contribution in [-0.4, -0.2) is 11.9 Å². The second-order valence-electron chi connectivity index (χ2n) is 5.35. The molecule has 2 atom stereocenters. The highest BCUT2D eigenvalue weighted by Crippen LogP contribution is 2.39. The molecule has 0 fully saturated rings. The van der Waals surface area contributed by atoms with Gasteiger partial charge in [-0.05, 0) is 31.1 Å². The summed E-state index contributed by atoms with van der Waals surface area (Å²) in [5.41, 5.74) is 1.03. The summed E-state index contributed by atoms with van der Waals surface area (Å²) in [7, 11) is 0. The van der Waals surface area contributed by atoms with E-state index < -0.39 is 0 Å². The van der Waals surface area contributed by atoms with Gasteiger partial charge in [-0.2, -0.15) is 0 Å². The van der Waals surface area contributed by atoms with E-state index in [1.54, 1.807) is 0 Å². The highest BCUT2D eigenvalue weighted by molar-refractivity contribution is 5.97. The lowest BCUT2D eigenvalue weighted by Gasteiger charge is -2.37. The molecule has 1 aliphatic carbocycles. The molecule has 2 heteroatoms. The quantitative estimate of drug-likeness (QED) is 0.715. The van der Waals surface area contributed by atoms with Gasteiger partial charge < -0.3 is 4.74 Å². The number of carbonyl (C=O) groups is 1. The van der Waals surface area contributed by atoms with Crippen LogP contribution in [0.3, 0.4) is 0 Å². The van der Waals surface area contributed by atoms with E-state index in [1.165, 1.54) is 0 Å². The molecule has 90 valence electrons. The van der Waals surface area contributed by atoms with Crippen molar-refractivity contribution in [2.75, 3.05) is 0 Å². The molecule has 1 unspecified atom stereocenters. The summed E-state index contributed by atoms with van der Waals surface area (Å²) in [6, 6.07) is 0. The molecule has 0 N–H and O–H groups in total. The van der Waals surface area contributed by atoms with Crippen molar-refractivity contribution in [2.24, 2.45) is 11.8 Å². The van der Waals surface area contributed by atoms with Gasteiger partial charge in [-0.1, -0.05) is 20.8 Å². The standard InChI is InChI=1S/C14H22O2/c1-4-10-8-13(9(2)3)16-12-7-5-6-11(15)14(10)12/h9-10,13H,4-8H2,1-3H3/t10-,13?/m0/s1. The largest absolute Gasteiger partial charge is 0.494 e. The van der Waals surface area contributed by atoms with Gasteiger partial charge in [0.15, 0.2) is 5.78 Å². The predicted molar refractivity (Wildman–Crippen MR) is 64.0 cm³/mol. The Morgan fingerprint density at radius 1 is 1.38 bits per heavy atom. The van der Waals surface area contributed by atoms with Crippen LogP contribution in [0, 0.1) is 11.8 Å². The first-order valence-corrected chi connectivity index (χ1v) is 6.56. The Labute approximate surface area is 98.1 Å². The third-order valence-corrected chi connectivity index (χ3v) is 3.86. The lowest BCUT2D eigenvalue weighted by Crippen LogP contribution is -2.33. The fourth-order valence-corrected chi connectivity index (χ4v) is 2.82. The predicted octanol–water partition coefficient (Wildman–Crippen LogP) is 3.46. The normalized spacial score (nSPS) is 30.4. The van der Waals surface area contributed by atoms with Crippen molar-refractivity contribution in [2.45, 2.75) is 59.0 Å². The molecule has 1 aliphatic heterocycles. The van der Waals surface area contributed by atoms with E-state index in [0.717, 1.165) is 43.4 Å². The molecule has 0 bridgehead atoms. The van der Waals surface area contributed by atoms with E-state index in [1.807, 2.05) is 0 Å². The zero-order chi connectivity index (χ0) is 11.7. The Balaban J connectivity index is 2.27. The van der Waals surface area contributed by atoms with Gasteiger partial charge in [0, 0.05) is 18.4 Å². The molecular weight excluding hydrogens is 200 g/mol. The summed E-state index contributed by atoms with van der Waals surface area (Å²) in [5.74, 6) is 2.35. The van der Waals surface area contributed by atoms with Crippen molar-refractivity contribution in [3.05, 3.63) is 11.3 Å². The summed E-state index contributed by atoms with van der Waals surface area (Å²) < 4.78 is 6.01. The van der Waals surface area contributed by atoms with Gasteiger partial charge in [0.2, 0.25) is 0 Å². The number of ether oxygens (including phenoxy) is 1. The Hall–Kier alpha value is -0.790. The smallest absolute Gasteiger partial charge is 0.162 e. The molecule has 0 amide bonds. The van der Waals surface area contributed by atoms with Crippen LogP contribution in [-0.2, 0) is 9.53 Å². The van der Waals surface area contributed by atoms with E-state index >= 15 is 0 Å². The number of ketones is 1. The number of hydrogen-bond acceptors (Lipinski definition) is 2. The molecule has 0 aromatic rings. The van der Waals surface area contributed by atoms with E-state index in [4.69, 9.17) is 4.74 Å². The molecule has 0 saturated heterocycles. The molecule has 16 heavy (non-hydrogen) atoms. The Morgan fingerprint density at radius 3 is 2.75 bits per heavy atom. The molecule has 0 saturated carbocycles. The number of carbonyl (C=O) groups excluding carboxylic acids is 1. The van der Waals surface area contributed by atoms with Gasteiger partial charge in [0.1, 0.15) is 11.9 Å². The Morgan fingerprint density at radius 2 is 2.12 bits per heavy atom. The van der Waals surface area contributed by atoms with Gasteiger partial charge in [0.05, 0.1) is 0 Å². The average Bonchev–Trinajstić information content (AvgIpc) is 2.27. The molecule has 2 rings (SSSR count). The van der Waals surface area contributed by atoms with Gasteiger partial charge in [-0.3, -0.25) is 4.79 Å². The van der Waals surface area contributed by atoms with Gasteiger partial charge in [-0.25, -0.2) is 0 Å². The Bertz CT molecular complexity index is 315. The monoisotopic (exact) mass is 222 g/mol. The fraction of sp³-hybridized carbons (Fsp3) is 0.786. The van der Waals surface area contributed by atoms with Crippen molar-refractivity contribution in [1.29, 1.82) is 0 Å². The van der Waals surface area contributed by atoms with Crippen molar-refractivity contribution in [3.8, 4) is 0 Å². The molecule has 0 aromatic carbocycles. The van der Waals surface area contributed by atoms with Gasteiger partial charge in [-0.15, -0.1) is 0 Å². The molecule has 1 heterocycles. The third-order valence-electron chi connectivity index (χ3n) is 3.86. The van der Waals surface area contributed by atoms with Crippen LogP contribution in [0.5, 0.6) is 0 Å². The Kier molecular flexibility index (Phi) is 3.36. The van der Waals surface area contributed by atoms with E-state index in [2.05, 4.69) is 20.8 Å². The number of allylic oxidation sites excluding steroid dienone is 2. The maximum absolute atomic E-state index is 11.9. The van der Waals surface area contributed by atoms with Crippen LogP contribution in [0.1, 0.15) is 52.9 Å². The lowest BCUT2D eigenvalue weighted by molar-refractivity contribution is -0.118. The van der Waals surface area contributed by atoms with Crippen molar-refractivity contribution >= 4 is 5.78 Å². The van der Waals surface area contributed by atoms with Crippen LogP contribution < -0.4 is 0 Å². The highest BCUT2D eigenvalue weighted by atomic mass is 16.5. The zero-order valence-corrected chi connectivity index (χ0v) is 10.6. The minimum absolute atomic E-state index is 0.314. The van der Waals surface area contributed by atoms with Crippen LogP contribution in [0.2, 0.25) is 0 Å². The number of hydrogen-bond donors (Lipinski definition) is 0. The van der Waals surface area contributed by atoms with Crippen LogP contribution in [0.15, 0.2) is 11.3 Å². The maximum atomic E-state index is 11.9. The minimum Gasteiger partial charge on any atom is -0.494 e.